The SMILES string of the molecule is CCC(C)(C(O)c1cccc(Cl)c1)N1CCCCC1. The third kappa shape index (κ3) is 3.13. The molecule has 1 aromatic carbocycles. The molecule has 2 atom stereocenters. The van der Waals surface area contributed by atoms with Gasteiger partial charge >= 0.3 is 0 Å². The van der Waals surface area contributed by atoms with Gasteiger partial charge in [-0.25, -0.2) is 0 Å². The van der Waals surface area contributed by atoms with Crippen LogP contribution in [-0.2, 0) is 0 Å². The van der Waals surface area contributed by atoms with E-state index >= 15 is 0 Å². The molecule has 0 spiro atoms. The summed E-state index contributed by atoms with van der Waals surface area (Å²) in [4.78, 5) is 2.45. The van der Waals surface area contributed by atoms with Crippen molar-refractivity contribution in [3.05, 3.63) is 34.9 Å². The normalized spacial score (nSPS) is 21.9. The molecule has 0 radical (unpaired) electrons. The number of aliphatic hydroxyl groups is 1. The molecule has 0 amide bonds. The number of hydrogen-bond donors (Lipinski definition) is 1. The molecule has 1 aliphatic heterocycles. The molecule has 0 bridgehead atoms. The van der Waals surface area contributed by atoms with Crippen molar-refractivity contribution in [2.24, 2.45) is 0 Å². The summed E-state index contributed by atoms with van der Waals surface area (Å²) >= 11 is 6.04. The lowest BCUT2D eigenvalue weighted by molar-refractivity contribution is -0.0352. The van der Waals surface area contributed by atoms with Crippen LogP contribution in [0.1, 0.15) is 51.2 Å². The molecular weight excluding hydrogens is 258 g/mol. The highest BCUT2D eigenvalue weighted by atomic mass is 35.5. The zero-order valence-electron chi connectivity index (χ0n) is 11.9. The Balaban J connectivity index is 2.24. The summed E-state index contributed by atoms with van der Waals surface area (Å²) in [5.41, 5.74) is 0.716. The van der Waals surface area contributed by atoms with Crippen LogP contribution in [0.25, 0.3) is 0 Å². The van der Waals surface area contributed by atoms with E-state index in [1.807, 2.05) is 24.3 Å². The highest BCUT2D eigenvalue weighted by Crippen LogP contribution is 2.36. The molecule has 2 nitrogen and oxygen atoms in total. The van der Waals surface area contributed by atoms with Crippen LogP contribution >= 0.6 is 11.6 Å². The molecule has 0 aromatic heterocycles. The van der Waals surface area contributed by atoms with Crippen molar-refractivity contribution < 1.29 is 5.11 Å². The highest BCUT2D eigenvalue weighted by Gasteiger charge is 2.38. The van der Waals surface area contributed by atoms with Crippen LogP contribution < -0.4 is 0 Å². The maximum atomic E-state index is 10.8. The van der Waals surface area contributed by atoms with Crippen LogP contribution in [0.3, 0.4) is 0 Å². The lowest BCUT2D eigenvalue weighted by Crippen LogP contribution is -2.52. The van der Waals surface area contributed by atoms with Crippen molar-refractivity contribution in [3.63, 3.8) is 0 Å². The van der Waals surface area contributed by atoms with Crippen molar-refractivity contribution in [1.82, 2.24) is 4.90 Å². The summed E-state index contributed by atoms with van der Waals surface area (Å²) < 4.78 is 0. The number of nitrogens with zero attached hydrogens (tertiary/aromatic N) is 1. The molecule has 0 aliphatic carbocycles. The summed E-state index contributed by atoms with van der Waals surface area (Å²) in [6, 6.07) is 7.60. The quantitative estimate of drug-likeness (QED) is 0.901. The lowest BCUT2D eigenvalue weighted by Gasteiger charge is -2.46. The number of rotatable bonds is 4. The van der Waals surface area contributed by atoms with E-state index in [0.29, 0.717) is 5.02 Å². The topological polar surface area (TPSA) is 23.5 Å². The van der Waals surface area contributed by atoms with Gasteiger partial charge in [0.25, 0.3) is 0 Å². The first-order valence-corrected chi connectivity index (χ1v) is 7.64. The molecule has 1 fully saturated rings. The van der Waals surface area contributed by atoms with Crippen molar-refractivity contribution in [2.45, 2.75) is 51.2 Å². The summed E-state index contributed by atoms with van der Waals surface area (Å²) in [5.74, 6) is 0. The summed E-state index contributed by atoms with van der Waals surface area (Å²) in [7, 11) is 0. The Morgan fingerprint density at radius 3 is 2.58 bits per heavy atom. The minimum atomic E-state index is -0.491. The van der Waals surface area contributed by atoms with Crippen LogP contribution in [0, 0.1) is 0 Å². The number of likely N-dealkylation sites (tertiary alicyclic amines) is 1. The lowest BCUT2D eigenvalue weighted by atomic mass is 9.84. The molecule has 1 aromatic rings. The second-order valence-electron chi connectivity index (χ2n) is 5.72. The summed E-state index contributed by atoms with van der Waals surface area (Å²) in [6.45, 7) is 6.50. The number of hydrogen-bond acceptors (Lipinski definition) is 2. The number of halogens is 1. The smallest absolute Gasteiger partial charge is 0.0971 e. The van der Waals surface area contributed by atoms with Gasteiger partial charge in [0.05, 0.1) is 6.10 Å². The fourth-order valence-corrected chi connectivity index (χ4v) is 3.23. The van der Waals surface area contributed by atoms with Gasteiger partial charge in [-0.2, -0.15) is 0 Å². The molecule has 2 unspecified atom stereocenters. The number of aliphatic hydroxyl groups excluding tert-OH is 1. The van der Waals surface area contributed by atoms with Crippen molar-refractivity contribution >= 4 is 11.6 Å². The molecule has 1 aliphatic rings. The fourth-order valence-electron chi connectivity index (χ4n) is 3.03. The summed E-state index contributed by atoms with van der Waals surface area (Å²) in [5, 5.41) is 11.5. The first-order chi connectivity index (χ1) is 9.08. The summed E-state index contributed by atoms with van der Waals surface area (Å²) in [6.07, 6.45) is 4.22. The number of piperidine rings is 1. The Bertz CT molecular complexity index is 417. The largest absolute Gasteiger partial charge is 0.386 e. The third-order valence-corrected chi connectivity index (χ3v) is 4.78. The molecule has 1 saturated heterocycles. The van der Waals surface area contributed by atoms with Crippen molar-refractivity contribution in [2.75, 3.05) is 13.1 Å². The second kappa shape index (κ2) is 6.25. The van der Waals surface area contributed by atoms with Crippen LogP contribution in [-0.4, -0.2) is 28.6 Å². The average molecular weight is 282 g/mol. The number of benzene rings is 1. The minimum absolute atomic E-state index is 0.203. The van der Waals surface area contributed by atoms with Gasteiger partial charge in [-0.05, 0) is 57.0 Å². The predicted molar refractivity (Wildman–Crippen MR) is 80.5 cm³/mol. The van der Waals surface area contributed by atoms with Gasteiger partial charge in [0, 0.05) is 10.6 Å². The van der Waals surface area contributed by atoms with Gasteiger partial charge in [-0.1, -0.05) is 37.1 Å². The van der Waals surface area contributed by atoms with E-state index < -0.39 is 6.10 Å². The third-order valence-electron chi connectivity index (χ3n) is 4.55. The van der Waals surface area contributed by atoms with E-state index in [9.17, 15) is 5.11 Å². The van der Waals surface area contributed by atoms with Gasteiger partial charge in [-0.3, -0.25) is 4.90 Å². The monoisotopic (exact) mass is 281 g/mol. The van der Waals surface area contributed by atoms with Crippen LogP contribution in [0.4, 0.5) is 0 Å². The maximum Gasteiger partial charge on any atom is 0.0971 e. The first kappa shape index (κ1) is 14.8. The Morgan fingerprint density at radius 1 is 1.32 bits per heavy atom. The Kier molecular flexibility index (Phi) is 4.88. The Labute approximate surface area is 121 Å². The first-order valence-electron chi connectivity index (χ1n) is 7.26. The minimum Gasteiger partial charge on any atom is -0.386 e. The van der Waals surface area contributed by atoms with E-state index in [4.69, 9.17) is 11.6 Å². The molecular formula is C16H24ClNO. The van der Waals surface area contributed by atoms with Crippen molar-refractivity contribution in [3.8, 4) is 0 Å². The van der Waals surface area contributed by atoms with Gasteiger partial charge in [-0.15, -0.1) is 0 Å². The zero-order valence-corrected chi connectivity index (χ0v) is 12.7. The highest BCUT2D eigenvalue weighted by molar-refractivity contribution is 6.30. The van der Waals surface area contributed by atoms with Crippen LogP contribution in [0.2, 0.25) is 5.02 Å². The van der Waals surface area contributed by atoms with E-state index in [1.54, 1.807) is 0 Å². The Hall–Kier alpha value is -0.570. The van der Waals surface area contributed by atoms with E-state index in [0.717, 1.165) is 25.1 Å². The van der Waals surface area contributed by atoms with Crippen LogP contribution in [0.5, 0.6) is 0 Å². The fraction of sp³-hybridized carbons (Fsp3) is 0.625. The maximum absolute atomic E-state index is 10.8. The molecule has 1 heterocycles. The Morgan fingerprint density at radius 2 is 2.00 bits per heavy atom. The predicted octanol–water partition coefficient (Wildman–Crippen LogP) is 4.03. The van der Waals surface area contributed by atoms with Gasteiger partial charge in [0.2, 0.25) is 0 Å². The zero-order chi connectivity index (χ0) is 13.9. The van der Waals surface area contributed by atoms with Gasteiger partial charge in [0.1, 0.15) is 0 Å². The van der Waals surface area contributed by atoms with Gasteiger partial charge < -0.3 is 5.11 Å². The molecule has 1 N–H and O–H groups in total. The molecule has 2 rings (SSSR count). The van der Waals surface area contributed by atoms with E-state index in [2.05, 4.69) is 18.7 Å². The second-order valence-corrected chi connectivity index (χ2v) is 6.15. The van der Waals surface area contributed by atoms with E-state index in [1.165, 1.54) is 19.3 Å². The standard InChI is InChI=1S/C16H24ClNO/c1-3-16(2,18-10-5-4-6-11-18)15(19)13-8-7-9-14(17)12-13/h7-9,12,15,19H,3-6,10-11H2,1-2H3. The molecule has 0 saturated carbocycles. The average Bonchev–Trinajstić information content (AvgIpc) is 2.46. The van der Waals surface area contributed by atoms with E-state index in [-0.39, 0.29) is 5.54 Å². The van der Waals surface area contributed by atoms with Gasteiger partial charge in [0.15, 0.2) is 0 Å². The molecule has 3 heteroatoms. The molecule has 19 heavy (non-hydrogen) atoms. The van der Waals surface area contributed by atoms with Crippen LogP contribution in [0.15, 0.2) is 24.3 Å². The molecule has 106 valence electrons. The van der Waals surface area contributed by atoms with Crippen molar-refractivity contribution in [1.29, 1.82) is 0 Å².